The van der Waals surface area contributed by atoms with E-state index in [-0.39, 0.29) is 43.1 Å². The summed E-state index contributed by atoms with van der Waals surface area (Å²) < 4.78 is 21.0. The van der Waals surface area contributed by atoms with Crippen LogP contribution < -0.4 is 10.7 Å². The minimum absolute atomic E-state index is 0.114. The Morgan fingerprint density at radius 1 is 1.09 bits per heavy atom. The molecule has 0 radical (unpaired) electrons. The molecule has 0 spiro atoms. The molecule has 1 heterocycles. The average molecular weight is 476 g/mol. The lowest BCUT2D eigenvalue weighted by atomic mass is 9.99. The second-order valence-electron chi connectivity index (χ2n) is 9.14. The molecule has 0 fully saturated rings. The number of benzene rings is 1. The van der Waals surface area contributed by atoms with Gasteiger partial charge in [-0.3, -0.25) is 9.59 Å². The summed E-state index contributed by atoms with van der Waals surface area (Å²) in [6.45, 7) is 9.39. The minimum atomic E-state index is -0.975. The molecule has 9 heteroatoms. The number of amides is 1. The molecule has 34 heavy (non-hydrogen) atoms. The Morgan fingerprint density at radius 3 is 2.47 bits per heavy atom. The van der Waals surface area contributed by atoms with Crippen molar-refractivity contribution >= 4 is 29.0 Å². The van der Waals surface area contributed by atoms with Gasteiger partial charge in [-0.15, -0.1) is 0 Å². The highest BCUT2D eigenvalue weighted by atomic mass is 16.6. The number of hydrogen-bond acceptors (Lipinski definition) is 8. The molecule has 0 unspecified atom stereocenters. The summed E-state index contributed by atoms with van der Waals surface area (Å²) in [6, 6.07) is 5.45. The van der Waals surface area contributed by atoms with Crippen LogP contribution in [-0.2, 0) is 36.6 Å². The van der Waals surface area contributed by atoms with E-state index in [0.717, 1.165) is 0 Å². The van der Waals surface area contributed by atoms with Crippen LogP contribution in [0.2, 0.25) is 0 Å². The first kappa shape index (κ1) is 26.9. The van der Waals surface area contributed by atoms with E-state index in [1.807, 2.05) is 20.8 Å². The van der Waals surface area contributed by atoms with Crippen LogP contribution >= 0.6 is 0 Å². The smallest absolute Gasteiger partial charge is 0.407 e. The van der Waals surface area contributed by atoms with Gasteiger partial charge < -0.3 is 23.9 Å². The van der Waals surface area contributed by atoms with Crippen molar-refractivity contribution < 1.29 is 33.0 Å². The Bertz CT molecular complexity index is 1070. The van der Waals surface area contributed by atoms with Crippen LogP contribution in [0.15, 0.2) is 33.5 Å². The monoisotopic (exact) mass is 475 g/mol. The van der Waals surface area contributed by atoms with Crippen LogP contribution in [0, 0.1) is 5.41 Å². The van der Waals surface area contributed by atoms with Crippen molar-refractivity contribution in [2.45, 2.75) is 59.9 Å². The van der Waals surface area contributed by atoms with Gasteiger partial charge in [-0.25, -0.2) is 9.59 Å². The molecule has 0 bridgehead atoms. The van der Waals surface area contributed by atoms with Crippen LogP contribution in [0.1, 0.15) is 52.4 Å². The maximum atomic E-state index is 12.6. The fourth-order valence-electron chi connectivity index (χ4n) is 3.10. The summed E-state index contributed by atoms with van der Waals surface area (Å²) in [4.78, 5) is 48.1. The predicted octanol–water partition coefficient (Wildman–Crippen LogP) is 3.54. The second kappa shape index (κ2) is 12.2. The number of nitrogens with one attached hydrogen (secondary N) is 1. The highest BCUT2D eigenvalue weighted by Crippen LogP contribution is 2.18. The highest BCUT2D eigenvalue weighted by molar-refractivity contribution is 5.82. The number of carbonyl (C=O) groups is 3. The number of aryl methyl sites for hydroxylation is 1. The summed E-state index contributed by atoms with van der Waals surface area (Å²) in [7, 11) is 0. The molecule has 1 N–H and O–H groups in total. The lowest BCUT2D eigenvalue weighted by Crippen LogP contribution is -2.44. The van der Waals surface area contributed by atoms with Crippen molar-refractivity contribution in [1.82, 2.24) is 5.32 Å². The number of hydrogen-bond donors (Lipinski definition) is 1. The molecule has 0 aliphatic rings. The van der Waals surface area contributed by atoms with Crippen molar-refractivity contribution in [1.29, 1.82) is 0 Å². The zero-order chi connectivity index (χ0) is 25.3. The number of ether oxygens (including phenoxy) is 3. The molecule has 1 amide bonds. The Morgan fingerprint density at radius 2 is 1.82 bits per heavy atom. The van der Waals surface area contributed by atoms with Crippen molar-refractivity contribution in [3.05, 3.63) is 45.8 Å². The number of fused-ring (bicyclic) bond motifs is 1. The third-order valence-electron chi connectivity index (χ3n) is 4.65. The van der Waals surface area contributed by atoms with Gasteiger partial charge in [0.25, 0.3) is 0 Å². The number of esters is 2. The van der Waals surface area contributed by atoms with E-state index in [2.05, 4.69) is 5.32 Å². The molecule has 2 aromatic rings. The lowest BCUT2D eigenvalue weighted by Gasteiger charge is -2.21. The van der Waals surface area contributed by atoms with Gasteiger partial charge in [0.2, 0.25) is 0 Å². The second-order valence-corrected chi connectivity index (χ2v) is 9.14. The third kappa shape index (κ3) is 8.88. The summed E-state index contributed by atoms with van der Waals surface area (Å²) >= 11 is 0. The zero-order valence-corrected chi connectivity index (χ0v) is 20.4. The van der Waals surface area contributed by atoms with Crippen molar-refractivity contribution in [3.8, 4) is 0 Å². The van der Waals surface area contributed by atoms with E-state index in [0.29, 0.717) is 35.1 Å². The third-order valence-corrected chi connectivity index (χ3v) is 4.65. The molecule has 1 atom stereocenters. The molecule has 0 saturated heterocycles. The Hall–Kier alpha value is -3.36. The van der Waals surface area contributed by atoms with Gasteiger partial charge in [-0.2, -0.15) is 0 Å². The Balaban J connectivity index is 2.15. The molecular weight excluding hydrogens is 442 g/mol. The number of rotatable bonds is 10. The quantitative estimate of drug-likeness (QED) is 0.315. The summed E-state index contributed by atoms with van der Waals surface area (Å²) in [5.74, 6) is -0.457. The first-order valence-corrected chi connectivity index (χ1v) is 11.3. The Kier molecular flexibility index (Phi) is 9.65. The average Bonchev–Trinajstić information content (AvgIpc) is 2.75. The van der Waals surface area contributed by atoms with Gasteiger partial charge in [0.05, 0.1) is 25.2 Å². The van der Waals surface area contributed by atoms with Crippen LogP contribution in [0.5, 0.6) is 0 Å². The zero-order valence-electron chi connectivity index (χ0n) is 20.4. The van der Waals surface area contributed by atoms with E-state index in [1.54, 1.807) is 25.1 Å². The van der Waals surface area contributed by atoms with Gasteiger partial charge in [-0.1, -0.05) is 26.8 Å². The van der Waals surface area contributed by atoms with E-state index in [1.165, 1.54) is 13.0 Å². The number of carbonyl (C=O) groups excluding carboxylic acids is 3. The van der Waals surface area contributed by atoms with Crippen LogP contribution in [-0.4, -0.2) is 43.9 Å². The maximum absolute atomic E-state index is 12.6. The fraction of sp³-hybridized carbons (Fsp3) is 0.520. The minimum Gasteiger partial charge on any atom is -0.466 e. The summed E-state index contributed by atoms with van der Waals surface area (Å²) in [5, 5.41) is 2.92. The van der Waals surface area contributed by atoms with E-state index < -0.39 is 18.1 Å². The summed E-state index contributed by atoms with van der Waals surface area (Å²) in [6.07, 6.45) is 0.380. The van der Waals surface area contributed by atoms with E-state index >= 15 is 0 Å². The van der Waals surface area contributed by atoms with Gasteiger partial charge in [0, 0.05) is 25.8 Å². The van der Waals surface area contributed by atoms with Crippen LogP contribution in [0.25, 0.3) is 11.0 Å². The SMILES string of the molecule is CCOC(=O)[C@H](Cc1ccc2oc(CCCOC(C)=O)cc(=O)c2c1)NC(=O)OCC(C)(C)C. The summed E-state index contributed by atoms with van der Waals surface area (Å²) in [5.41, 5.74) is 0.610. The van der Waals surface area contributed by atoms with E-state index in [4.69, 9.17) is 18.6 Å². The molecule has 0 aliphatic carbocycles. The van der Waals surface area contributed by atoms with Gasteiger partial charge in [-0.05, 0) is 36.5 Å². The van der Waals surface area contributed by atoms with Crippen molar-refractivity contribution in [2.24, 2.45) is 5.41 Å². The standard InChI is InChI=1S/C25H33NO8/c1-6-31-23(29)20(26-24(30)33-15-25(3,4)5)13-17-9-10-22-19(12-17)21(28)14-18(34-22)8-7-11-32-16(2)27/h9-10,12,14,20H,6-8,11,13,15H2,1-5H3,(H,26,30)/t20-/m0/s1. The van der Waals surface area contributed by atoms with Crippen LogP contribution in [0.3, 0.4) is 0 Å². The van der Waals surface area contributed by atoms with Crippen molar-refractivity contribution in [2.75, 3.05) is 19.8 Å². The molecule has 1 aromatic heterocycles. The maximum Gasteiger partial charge on any atom is 0.407 e. The first-order valence-electron chi connectivity index (χ1n) is 11.3. The lowest BCUT2D eigenvalue weighted by molar-refractivity contribution is -0.145. The normalized spacial score (nSPS) is 12.1. The molecular formula is C25H33NO8. The topological polar surface area (TPSA) is 121 Å². The number of alkyl carbamates (subject to hydrolysis) is 1. The van der Waals surface area contributed by atoms with Gasteiger partial charge in [0.1, 0.15) is 17.4 Å². The van der Waals surface area contributed by atoms with Gasteiger partial charge >= 0.3 is 18.0 Å². The largest absolute Gasteiger partial charge is 0.466 e. The van der Waals surface area contributed by atoms with Crippen molar-refractivity contribution in [3.63, 3.8) is 0 Å². The Labute approximate surface area is 198 Å². The molecule has 186 valence electrons. The molecule has 1 aromatic carbocycles. The van der Waals surface area contributed by atoms with E-state index in [9.17, 15) is 19.2 Å². The molecule has 0 aliphatic heterocycles. The predicted molar refractivity (Wildman–Crippen MR) is 126 cm³/mol. The van der Waals surface area contributed by atoms with Crippen LogP contribution in [0.4, 0.5) is 4.79 Å². The molecule has 2 rings (SSSR count). The highest BCUT2D eigenvalue weighted by Gasteiger charge is 2.24. The fourth-order valence-corrected chi connectivity index (χ4v) is 3.10. The first-order chi connectivity index (χ1) is 16.0. The molecule has 0 saturated carbocycles. The molecule has 9 nitrogen and oxygen atoms in total. The van der Waals surface area contributed by atoms with Gasteiger partial charge in [0.15, 0.2) is 5.43 Å².